The number of nitrogens with zero attached hydrogens (tertiary/aromatic N) is 2. The van der Waals surface area contributed by atoms with Crippen LogP contribution in [0.15, 0.2) is 10.5 Å². The summed E-state index contributed by atoms with van der Waals surface area (Å²) in [5.74, 6) is -1.61. The summed E-state index contributed by atoms with van der Waals surface area (Å²) in [6.07, 6.45) is 0.239. The first-order valence-corrected chi connectivity index (χ1v) is 7.21. The van der Waals surface area contributed by atoms with Crippen molar-refractivity contribution in [3.63, 3.8) is 0 Å². The Morgan fingerprint density at radius 3 is 2.62 bits per heavy atom. The number of halogens is 4. The Kier molecular flexibility index (Phi) is 4.43. The lowest BCUT2D eigenvalue weighted by atomic mass is 10.0. The number of aromatic nitrogens is 1. The van der Waals surface area contributed by atoms with Gasteiger partial charge in [-0.25, -0.2) is 13.8 Å². The monoisotopic (exact) mass is 378 g/mol. The molecule has 2 aromatic rings. The maximum atomic E-state index is 14.1. The van der Waals surface area contributed by atoms with E-state index >= 15 is 0 Å². The Morgan fingerprint density at radius 1 is 1.48 bits per heavy atom. The molecule has 1 aromatic carbocycles. The zero-order valence-electron chi connectivity index (χ0n) is 11.1. The van der Waals surface area contributed by atoms with E-state index in [2.05, 4.69) is 20.9 Å². The van der Waals surface area contributed by atoms with E-state index in [1.807, 2.05) is 13.8 Å². The average Bonchev–Trinajstić information content (AvgIpc) is 2.34. The largest absolute Gasteiger partial charge is 0.309 e. The highest BCUT2D eigenvalue weighted by molar-refractivity contribution is 9.10. The molecule has 4 nitrogen and oxygen atoms in total. The minimum absolute atomic E-state index is 0.0491. The molecule has 0 radical (unpaired) electrons. The van der Waals surface area contributed by atoms with Crippen molar-refractivity contribution in [1.82, 2.24) is 4.98 Å². The van der Waals surface area contributed by atoms with Gasteiger partial charge in [-0.3, -0.25) is 10.1 Å². The Morgan fingerprint density at radius 2 is 2.10 bits per heavy atom. The Hall–Kier alpha value is -1.34. The van der Waals surface area contributed by atoms with Gasteiger partial charge in [0.2, 0.25) is 0 Å². The van der Waals surface area contributed by atoms with Crippen LogP contribution in [0.4, 0.5) is 14.5 Å². The molecular weight excluding hydrogens is 370 g/mol. The maximum Gasteiger partial charge on any atom is 0.309 e. The molecule has 0 bridgehead atoms. The fraction of sp³-hybridized carbons (Fsp3) is 0.308. The number of hydrogen-bond donors (Lipinski definition) is 0. The van der Waals surface area contributed by atoms with Gasteiger partial charge in [-0.2, -0.15) is 0 Å². The Bertz CT molecular complexity index is 753. The zero-order valence-corrected chi connectivity index (χ0v) is 13.4. The maximum absolute atomic E-state index is 14.1. The summed E-state index contributed by atoms with van der Waals surface area (Å²) in [5.41, 5.74) is -0.732. The molecular formula is C13H10BrClF2N2O2. The van der Waals surface area contributed by atoms with Crippen LogP contribution in [-0.4, -0.2) is 9.91 Å². The minimum Gasteiger partial charge on any atom is -0.258 e. The highest BCUT2D eigenvalue weighted by atomic mass is 79.9. The van der Waals surface area contributed by atoms with E-state index in [9.17, 15) is 18.9 Å². The van der Waals surface area contributed by atoms with Crippen LogP contribution < -0.4 is 0 Å². The fourth-order valence-electron chi connectivity index (χ4n) is 2.04. The Labute approximate surface area is 132 Å². The molecule has 0 aliphatic rings. The SMILES string of the molecule is CC(C)Cc1nc2c(F)cc(Br)c(F)c2c(Cl)c1[N+](=O)[O-]. The van der Waals surface area contributed by atoms with Crippen LogP contribution in [0.25, 0.3) is 10.9 Å². The fourth-order valence-corrected chi connectivity index (χ4v) is 2.79. The summed E-state index contributed by atoms with van der Waals surface area (Å²) in [4.78, 5) is 14.4. The van der Waals surface area contributed by atoms with Crippen molar-refractivity contribution in [2.24, 2.45) is 5.92 Å². The van der Waals surface area contributed by atoms with Crippen LogP contribution in [0.5, 0.6) is 0 Å². The molecule has 0 aliphatic heterocycles. The van der Waals surface area contributed by atoms with E-state index in [0.29, 0.717) is 0 Å². The van der Waals surface area contributed by atoms with Gasteiger partial charge in [0.1, 0.15) is 22.1 Å². The molecule has 0 spiro atoms. The van der Waals surface area contributed by atoms with E-state index in [0.717, 1.165) is 6.07 Å². The van der Waals surface area contributed by atoms with E-state index in [1.165, 1.54) is 0 Å². The summed E-state index contributed by atoms with van der Waals surface area (Å²) < 4.78 is 27.9. The highest BCUT2D eigenvalue weighted by Gasteiger charge is 2.28. The quantitative estimate of drug-likeness (QED) is 0.427. The van der Waals surface area contributed by atoms with Gasteiger partial charge >= 0.3 is 5.69 Å². The number of hydrogen-bond acceptors (Lipinski definition) is 3. The number of pyridine rings is 1. The topological polar surface area (TPSA) is 56.0 Å². The molecule has 2 rings (SSSR count). The van der Waals surface area contributed by atoms with Gasteiger partial charge < -0.3 is 0 Å². The average molecular weight is 380 g/mol. The highest BCUT2D eigenvalue weighted by Crippen LogP contribution is 2.39. The summed E-state index contributed by atoms with van der Waals surface area (Å²) in [6, 6.07) is 0.923. The number of nitro groups is 1. The van der Waals surface area contributed by atoms with Crippen LogP contribution in [0.1, 0.15) is 19.5 Å². The third-order valence-electron chi connectivity index (χ3n) is 2.88. The van der Waals surface area contributed by atoms with Crippen molar-refractivity contribution in [1.29, 1.82) is 0 Å². The molecule has 0 atom stereocenters. The lowest BCUT2D eigenvalue weighted by Gasteiger charge is -2.11. The molecule has 0 unspecified atom stereocenters. The summed E-state index contributed by atoms with van der Waals surface area (Å²) >= 11 is 8.82. The molecule has 0 fully saturated rings. The first-order chi connectivity index (χ1) is 9.73. The second-order valence-corrected chi connectivity index (χ2v) is 6.19. The molecule has 0 N–H and O–H groups in total. The molecule has 0 saturated carbocycles. The second-order valence-electron chi connectivity index (χ2n) is 4.95. The first-order valence-electron chi connectivity index (χ1n) is 6.04. The number of benzene rings is 1. The first kappa shape index (κ1) is 16.0. The van der Waals surface area contributed by atoms with E-state index in [4.69, 9.17) is 11.6 Å². The molecule has 112 valence electrons. The van der Waals surface area contributed by atoms with Crippen molar-refractivity contribution in [2.45, 2.75) is 20.3 Å². The molecule has 0 saturated heterocycles. The zero-order chi connectivity index (χ0) is 15.9. The summed E-state index contributed by atoms with van der Waals surface area (Å²) in [7, 11) is 0. The molecule has 1 heterocycles. The van der Waals surface area contributed by atoms with E-state index in [1.54, 1.807) is 0 Å². The molecule has 21 heavy (non-hydrogen) atoms. The predicted molar refractivity (Wildman–Crippen MR) is 79.6 cm³/mol. The normalized spacial score (nSPS) is 11.4. The van der Waals surface area contributed by atoms with Gasteiger partial charge in [0, 0.05) is 0 Å². The molecule has 8 heteroatoms. The second kappa shape index (κ2) is 5.81. The van der Waals surface area contributed by atoms with Crippen molar-refractivity contribution < 1.29 is 13.7 Å². The lowest BCUT2D eigenvalue weighted by molar-refractivity contribution is -0.385. The van der Waals surface area contributed by atoms with Crippen molar-refractivity contribution in [3.8, 4) is 0 Å². The van der Waals surface area contributed by atoms with Gasteiger partial charge in [-0.1, -0.05) is 25.4 Å². The van der Waals surface area contributed by atoms with Crippen LogP contribution >= 0.6 is 27.5 Å². The van der Waals surface area contributed by atoms with Gasteiger partial charge in [0.15, 0.2) is 5.82 Å². The lowest BCUT2D eigenvalue weighted by Crippen LogP contribution is -2.06. The van der Waals surface area contributed by atoms with Crippen LogP contribution in [0, 0.1) is 27.7 Å². The third-order valence-corrected chi connectivity index (χ3v) is 3.82. The van der Waals surface area contributed by atoms with Crippen molar-refractivity contribution in [2.75, 3.05) is 0 Å². The van der Waals surface area contributed by atoms with Gasteiger partial charge in [-0.05, 0) is 34.3 Å². The summed E-state index contributed by atoms with van der Waals surface area (Å²) in [6.45, 7) is 3.67. The van der Waals surface area contributed by atoms with Gasteiger partial charge in [0.05, 0.1) is 14.8 Å². The minimum atomic E-state index is -0.872. The smallest absolute Gasteiger partial charge is 0.258 e. The van der Waals surface area contributed by atoms with Crippen LogP contribution in [0.2, 0.25) is 5.02 Å². The van der Waals surface area contributed by atoms with Crippen LogP contribution in [0.3, 0.4) is 0 Å². The van der Waals surface area contributed by atoms with Crippen LogP contribution in [-0.2, 0) is 6.42 Å². The standard InChI is InChI=1S/C13H10BrClF2N2O2/c1-5(2)3-8-13(19(20)21)10(15)9-11(17)6(14)4-7(16)12(9)18-8/h4-5H,3H2,1-2H3. The third kappa shape index (κ3) is 2.85. The number of rotatable bonds is 3. The predicted octanol–water partition coefficient (Wildman–Crippen LogP) is 5.04. The van der Waals surface area contributed by atoms with E-state index < -0.39 is 27.3 Å². The summed E-state index contributed by atoms with van der Waals surface area (Å²) in [5, 5.41) is 10.4. The molecule has 1 aromatic heterocycles. The van der Waals surface area contributed by atoms with Gasteiger partial charge in [-0.15, -0.1) is 0 Å². The van der Waals surface area contributed by atoms with Crippen molar-refractivity contribution >= 4 is 44.1 Å². The van der Waals surface area contributed by atoms with Gasteiger partial charge in [0.25, 0.3) is 0 Å². The Balaban J connectivity index is 2.94. The van der Waals surface area contributed by atoms with E-state index in [-0.39, 0.29) is 33.4 Å². The molecule has 0 amide bonds. The number of fused-ring (bicyclic) bond motifs is 1. The molecule has 0 aliphatic carbocycles. The van der Waals surface area contributed by atoms with Crippen molar-refractivity contribution in [3.05, 3.63) is 43.0 Å².